The number of likely N-dealkylation sites (tertiary alicyclic amines) is 1. The van der Waals surface area contributed by atoms with Crippen LogP contribution in [0.4, 0.5) is 4.39 Å². The molecule has 0 aliphatic carbocycles. The highest BCUT2D eigenvalue weighted by molar-refractivity contribution is 5.78. The molecule has 1 unspecified atom stereocenters. The van der Waals surface area contributed by atoms with E-state index in [2.05, 4.69) is 48.7 Å². The van der Waals surface area contributed by atoms with E-state index in [-0.39, 0.29) is 11.7 Å². The summed E-state index contributed by atoms with van der Waals surface area (Å²) < 4.78 is 12.8. The molecule has 0 bridgehead atoms. The standard InChI is InChI=1S/C14H22N2.C9H11F.C6H11N3/c1-5-8-13(6-2)11-15-12(3)14-9-7-10-16(14)4;1-7(2)8-5-3-4-6-9(8)10;1-2-3-6(4-7)5-9-8/h5-6,8,14-15H,1-3,7,9-11H2,4H3;3-7H,1-2H3;2,4-5H,1,3,7-8H2/b13-8+;;6-4-,9-5+. The summed E-state index contributed by atoms with van der Waals surface area (Å²) in [6.07, 6.45) is 13.5. The van der Waals surface area contributed by atoms with Crippen LogP contribution in [0.5, 0.6) is 0 Å². The average Bonchev–Trinajstić information content (AvgIpc) is 3.28. The van der Waals surface area contributed by atoms with Crippen LogP contribution in [0.15, 0.2) is 103 Å². The summed E-state index contributed by atoms with van der Waals surface area (Å²) in [6.45, 7) is 21.0. The molecule has 1 aromatic rings. The van der Waals surface area contributed by atoms with Crippen LogP contribution in [0.2, 0.25) is 0 Å². The molecule has 1 fully saturated rings. The molecule has 192 valence electrons. The zero-order chi connectivity index (χ0) is 26.6. The quantitative estimate of drug-likeness (QED) is 0.130. The number of hydrogen-bond donors (Lipinski definition) is 3. The highest BCUT2D eigenvalue weighted by Crippen LogP contribution is 2.19. The van der Waals surface area contributed by atoms with Gasteiger partial charge in [-0.1, -0.05) is 76.1 Å². The molecule has 2 rings (SSSR count). The van der Waals surface area contributed by atoms with Crippen molar-refractivity contribution >= 4 is 6.21 Å². The Morgan fingerprint density at radius 1 is 1.26 bits per heavy atom. The average molecular weight is 482 g/mol. The van der Waals surface area contributed by atoms with Crippen LogP contribution in [0, 0.1) is 5.82 Å². The predicted molar refractivity (Wildman–Crippen MR) is 152 cm³/mol. The van der Waals surface area contributed by atoms with Gasteiger partial charge in [-0.15, -0.1) is 6.58 Å². The van der Waals surface area contributed by atoms with Crippen molar-refractivity contribution in [1.29, 1.82) is 0 Å². The van der Waals surface area contributed by atoms with Gasteiger partial charge >= 0.3 is 0 Å². The minimum atomic E-state index is -0.0995. The monoisotopic (exact) mass is 481 g/mol. The Hall–Kier alpha value is -3.38. The highest BCUT2D eigenvalue weighted by Gasteiger charge is 2.22. The largest absolute Gasteiger partial charge is 0.404 e. The molecule has 0 saturated carbocycles. The van der Waals surface area contributed by atoms with E-state index in [0.29, 0.717) is 12.5 Å². The third kappa shape index (κ3) is 13.2. The Morgan fingerprint density at radius 2 is 1.94 bits per heavy atom. The van der Waals surface area contributed by atoms with Gasteiger partial charge in [-0.2, -0.15) is 5.10 Å². The van der Waals surface area contributed by atoms with Crippen LogP contribution < -0.4 is 16.9 Å². The first-order valence-electron chi connectivity index (χ1n) is 11.8. The fourth-order valence-electron chi connectivity index (χ4n) is 3.40. The minimum Gasteiger partial charge on any atom is -0.404 e. The number of nitrogens with two attached hydrogens (primary N) is 2. The van der Waals surface area contributed by atoms with Crippen molar-refractivity contribution in [3.05, 3.63) is 109 Å². The first kappa shape index (κ1) is 31.6. The van der Waals surface area contributed by atoms with Crippen molar-refractivity contribution in [2.24, 2.45) is 16.7 Å². The van der Waals surface area contributed by atoms with E-state index in [0.717, 1.165) is 29.0 Å². The maximum Gasteiger partial charge on any atom is 0.126 e. The van der Waals surface area contributed by atoms with Gasteiger partial charge in [0.15, 0.2) is 0 Å². The Labute approximate surface area is 212 Å². The molecule has 35 heavy (non-hydrogen) atoms. The van der Waals surface area contributed by atoms with Crippen LogP contribution in [0.3, 0.4) is 0 Å². The second-order valence-electron chi connectivity index (χ2n) is 8.39. The van der Waals surface area contributed by atoms with Gasteiger partial charge in [-0.25, -0.2) is 4.39 Å². The van der Waals surface area contributed by atoms with E-state index in [1.165, 1.54) is 37.9 Å². The molecule has 5 nitrogen and oxygen atoms in total. The molecule has 5 N–H and O–H groups in total. The summed E-state index contributed by atoms with van der Waals surface area (Å²) in [7, 11) is 2.15. The van der Waals surface area contributed by atoms with Crippen LogP contribution in [-0.4, -0.2) is 37.3 Å². The first-order valence-corrected chi connectivity index (χ1v) is 11.8. The normalized spacial score (nSPS) is 16.1. The van der Waals surface area contributed by atoms with Gasteiger partial charge < -0.3 is 16.9 Å². The van der Waals surface area contributed by atoms with E-state index in [9.17, 15) is 4.39 Å². The van der Waals surface area contributed by atoms with Gasteiger partial charge in [-0.05, 0) is 67.7 Å². The molecule has 6 heteroatoms. The van der Waals surface area contributed by atoms with E-state index >= 15 is 0 Å². The summed E-state index contributed by atoms with van der Waals surface area (Å²) in [5.74, 6) is 5.05. The Kier molecular flexibility index (Phi) is 17.1. The number of likely N-dealkylation sites (N-methyl/N-ethyl adjacent to an activating group) is 1. The summed E-state index contributed by atoms with van der Waals surface area (Å²) in [6, 6.07) is 7.37. The number of rotatable bonds is 10. The minimum absolute atomic E-state index is 0.0995. The fourth-order valence-corrected chi connectivity index (χ4v) is 3.40. The van der Waals surface area contributed by atoms with Gasteiger partial charge in [0.2, 0.25) is 0 Å². The molecule has 0 amide bonds. The van der Waals surface area contributed by atoms with E-state index in [4.69, 9.17) is 11.6 Å². The molecule has 0 spiro atoms. The third-order valence-electron chi connectivity index (χ3n) is 5.40. The Balaban J connectivity index is 0.000000527. The molecular formula is C29H44FN5. The molecule has 1 saturated heterocycles. The van der Waals surface area contributed by atoms with E-state index in [1.54, 1.807) is 18.2 Å². The van der Waals surface area contributed by atoms with Crippen molar-refractivity contribution in [3.63, 3.8) is 0 Å². The third-order valence-corrected chi connectivity index (χ3v) is 5.40. The molecule has 1 aliphatic rings. The van der Waals surface area contributed by atoms with Crippen molar-refractivity contribution in [2.75, 3.05) is 20.1 Å². The first-order chi connectivity index (χ1) is 16.7. The second-order valence-corrected chi connectivity index (χ2v) is 8.39. The zero-order valence-electron chi connectivity index (χ0n) is 21.7. The van der Waals surface area contributed by atoms with E-state index < -0.39 is 0 Å². The van der Waals surface area contributed by atoms with Gasteiger partial charge in [0.1, 0.15) is 5.82 Å². The number of nitrogens with one attached hydrogen (secondary N) is 1. The molecular weight excluding hydrogens is 437 g/mol. The van der Waals surface area contributed by atoms with Crippen LogP contribution in [0.1, 0.15) is 44.6 Å². The number of benzene rings is 1. The molecule has 1 heterocycles. The molecule has 0 radical (unpaired) electrons. The van der Waals surface area contributed by atoms with Crippen molar-refractivity contribution in [1.82, 2.24) is 10.2 Å². The zero-order valence-corrected chi connectivity index (χ0v) is 21.7. The summed E-state index contributed by atoms with van der Waals surface area (Å²) in [5.41, 5.74) is 9.09. The summed E-state index contributed by atoms with van der Waals surface area (Å²) >= 11 is 0. The molecule has 1 aliphatic heterocycles. The second kappa shape index (κ2) is 19.0. The van der Waals surface area contributed by atoms with E-state index in [1.807, 2.05) is 38.1 Å². The molecule has 1 atom stereocenters. The van der Waals surface area contributed by atoms with Gasteiger partial charge in [0.25, 0.3) is 0 Å². The fraction of sp³-hybridized carbons (Fsp3) is 0.345. The van der Waals surface area contributed by atoms with Crippen molar-refractivity contribution in [3.8, 4) is 0 Å². The summed E-state index contributed by atoms with van der Waals surface area (Å²) in [4.78, 5) is 2.35. The molecule has 0 aromatic heterocycles. The highest BCUT2D eigenvalue weighted by atomic mass is 19.1. The molecule has 1 aromatic carbocycles. The lowest BCUT2D eigenvalue weighted by Crippen LogP contribution is -2.33. The number of allylic oxidation sites excluding steroid dienone is 4. The van der Waals surface area contributed by atoms with Crippen LogP contribution in [-0.2, 0) is 0 Å². The van der Waals surface area contributed by atoms with Gasteiger partial charge in [0, 0.05) is 18.3 Å². The number of hydrazone groups is 1. The maximum atomic E-state index is 12.8. The van der Waals surface area contributed by atoms with Gasteiger partial charge in [0.05, 0.1) is 6.21 Å². The number of halogens is 1. The Morgan fingerprint density at radius 3 is 2.37 bits per heavy atom. The lowest BCUT2D eigenvalue weighted by atomic mass is 10.0. The lowest BCUT2D eigenvalue weighted by molar-refractivity contribution is 0.335. The van der Waals surface area contributed by atoms with Crippen LogP contribution in [0.25, 0.3) is 0 Å². The van der Waals surface area contributed by atoms with Gasteiger partial charge in [-0.3, -0.25) is 4.90 Å². The Bertz CT molecular complexity index is 883. The summed E-state index contributed by atoms with van der Waals surface area (Å²) in [5, 5.41) is 6.67. The number of nitrogens with zero attached hydrogens (tertiary/aromatic N) is 2. The van der Waals surface area contributed by atoms with Crippen molar-refractivity contribution < 1.29 is 4.39 Å². The predicted octanol–water partition coefficient (Wildman–Crippen LogP) is 5.78. The maximum absolute atomic E-state index is 12.8. The van der Waals surface area contributed by atoms with Crippen LogP contribution >= 0.6 is 0 Å². The lowest BCUT2D eigenvalue weighted by Gasteiger charge is -2.23. The SMILES string of the molecule is C=C/C=C(\C=C)CNC(=C)C1CCCN1C.C=CCC(=C/N)/C=N/N.CC(C)c1ccccc1F. The van der Waals surface area contributed by atoms with Crippen molar-refractivity contribution in [2.45, 2.75) is 45.1 Å². The smallest absolute Gasteiger partial charge is 0.126 e. The topological polar surface area (TPSA) is 79.7 Å². The number of hydrogen-bond acceptors (Lipinski definition) is 5.